The van der Waals surface area contributed by atoms with E-state index in [2.05, 4.69) is 3.87 Å². The normalized spacial score (nSPS) is 18.2. The number of alkyl halides is 3. The maximum Gasteiger partial charge on any atom is 0.522 e. The summed E-state index contributed by atoms with van der Waals surface area (Å²) in [6.07, 6.45) is 0. The van der Waals surface area contributed by atoms with Gasteiger partial charge in [0.25, 0.3) is 0 Å². The zero-order valence-electron chi connectivity index (χ0n) is 9.35. The molecule has 0 aliphatic rings. The third-order valence-corrected chi connectivity index (χ3v) is 6.91. The third kappa shape index (κ3) is 5.51. The van der Waals surface area contributed by atoms with E-state index in [4.69, 9.17) is 11.1 Å². The Hall–Kier alpha value is 0.207. The minimum Gasteiger partial charge on any atom is -0.289 e. The molecule has 0 amide bonds. The van der Waals surface area contributed by atoms with Gasteiger partial charge in [0.15, 0.2) is 0 Å². The van der Waals surface area contributed by atoms with Gasteiger partial charge < -0.3 is 0 Å². The summed E-state index contributed by atoms with van der Waals surface area (Å²) in [7, 11) is -9.02. The van der Waals surface area contributed by atoms with Gasteiger partial charge in [-0.3, -0.25) is 3.87 Å². The van der Waals surface area contributed by atoms with Gasteiger partial charge in [-0.25, -0.2) is 0 Å². The second kappa shape index (κ2) is 4.47. The second-order valence-electron chi connectivity index (χ2n) is 4.82. The molecule has 0 aromatic rings. The van der Waals surface area contributed by atoms with Crippen LogP contribution in [0.5, 0.6) is 0 Å². The summed E-state index contributed by atoms with van der Waals surface area (Å²) < 4.78 is 61.8. The van der Waals surface area contributed by atoms with Crippen LogP contribution < -0.4 is 0 Å². The van der Waals surface area contributed by atoms with Gasteiger partial charge in [-0.2, -0.15) is 21.6 Å². The number of hydrogen-bond donors (Lipinski definition) is 0. The molecule has 0 aromatic carbocycles. The monoisotopic (exact) mass is 298 g/mol. The van der Waals surface area contributed by atoms with E-state index in [1.807, 2.05) is 0 Å². The van der Waals surface area contributed by atoms with Crippen LogP contribution in [0.15, 0.2) is 0 Å². The van der Waals surface area contributed by atoms with Crippen molar-refractivity contribution < 1.29 is 25.5 Å². The molecule has 1 atom stereocenters. The maximum absolute atomic E-state index is 12.0. The Morgan fingerprint density at radius 2 is 1.62 bits per heavy atom. The molecule has 0 bridgehead atoms. The highest BCUT2D eigenvalue weighted by molar-refractivity contribution is 7.89. The summed E-state index contributed by atoms with van der Waals surface area (Å²) in [5.41, 5.74) is -5.82. The van der Waals surface area contributed by atoms with Crippen LogP contribution in [-0.4, -0.2) is 21.6 Å². The fourth-order valence-corrected chi connectivity index (χ4v) is 7.54. The lowest BCUT2D eigenvalue weighted by atomic mass is 10.0. The molecular formula is C7H14ClF3O3SSi. The van der Waals surface area contributed by atoms with E-state index in [0.29, 0.717) is 0 Å². The van der Waals surface area contributed by atoms with E-state index in [9.17, 15) is 21.6 Å². The Morgan fingerprint density at radius 1 is 1.25 bits per heavy atom. The Bertz CT molecular complexity index is 345. The molecule has 0 N–H and O–H groups in total. The van der Waals surface area contributed by atoms with Crippen molar-refractivity contribution in [2.45, 2.75) is 38.9 Å². The van der Waals surface area contributed by atoms with Crippen LogP contribution in [0.2, 0.25) is 12.6 Å². The highest BCUT2D eigenvalue weighted by Gasteiger charge is 2.51. The predicted molar refractivity (Wildman–Crippen MR) is 57.8 cm³/mol. The number of hydrogen-bond acceptors (Lipinski definition) is 3. The maximum atomic E-state index is 12.0. The summed E-state index contributed by atoms with van der Waals surface area (Å²) in [6.45, 7) is 6.45. The molecule has 0 radical (unpaired) electrons. The van der Waals surface area contributed by atoms with E-state index in [1.54, 1.807) is 20.8 Å². The molecule has 0 spiro atoms. The van der Waals surface area contributed by atoms with Crippen LogP contribution in [0.4, 0.5) is 13.2 Å². The average molecular weight is 299 g/mol. The molecule has 1 unspecified atom stereocenters. The van der Waals surface area contributed by atoms with Crippen molar-refractivity contribution in [2.24, 2.45) is 5.41 Å². The topological polar surface area (TPSA) is 43.4 Å². The first-order valence-corrected chi connectivity index (χ1v) is 9.41. The molecule has 0 fully saturated rings. The van der Waals surface area contributed by atoms with E-state index < -0.39 is 28.7 Å². The molecule has 0 saturated heterocycles. The molecule has 0 saturated carbocycles. The first-order valence-electron chi connectivity index (χ1n) is 4.37. The SMILES string of the molecule is CC(C)(C)C[Si](C)(Cl)OS(=O)(=O)C(F)(F)F. The van der Waals surface area contributed by atoms with Gasteiger partial charge in [-0.1, -0.05) is 20.8 Å². The van der Waals surface area contributed by atoms with E-state index in [1.165, 1.54) is 6.55 Å². The Kier molecular flexibility index (Phi) is 4.53. The predicted octanol–water partition coefficient (Wildman–Crippen LogP) is 3.21. The van der Waals surface area contributed by atoms with Crippen molar-refractivity contribution in [2.75, 3.05) is 0 Å². The largest absolute Gasteiger partial charge is 0.522 e. The van der Waals surface area contributed by atoms with Crippen LogP contribution in [0.3, 0.4) is 0 Å². The van der Waals surface area contributed by atoms with Gasteiger partial charge >= 0.3 is 23.3 Å². The summed E-state index contributed by atoms with van der Waals surface area (Å²) in [5.74, 6) is 0. The van der Waals surface area contributed by atoms with E-state index in [0.717, 1.165) is 0 Å². The Labute approximate surface area is 98.9 Å². The Morgan fingerprint density at radius 3 is 1.88 bits per heavy atom. The van der Waals surface area contributed by atoms with E-state index >= 15 is 0 Å². The minimum absolute atomic E-state index is 0.0941. The molecule has 98 valence electrons. The summed E-state index contributed by atoms with van der Waals surface area (Å²) in [6, 6.07) is 0.0941. The van der Waals surface area contributed by atoms with Crippen molar-refractivity contribution >= 4 is 28.8 Å². The standard InChI is InChI=1S/C7H14ClF3O3SSi/c1-6(2,3)5-16(4,8)14-15(12,13)7(9,10)11/h5H2,1-4H3. The van der Waals surface area contributed by atoms with Gasteiger partial charge in [-0.05, 0) is 18.0 Å². The van der Waals surface area contributed by atoms with Crippen molar-refractivity contribution in [3.63, 3.8) is 0 Å². The summed E-state index contributed by atoms with van der Waals surface area (Å²) in [5, 5.41) is 0. The van der Waals surface area contributed by atoms with Crippen molar-refractivity contribution in [3.8, 4) is 0 Å². The highest BCUT2D eigenvalue weighted by atomic mass is 35.6. The zero-order valence-corrected chi connectivity index (χ0v) is 11.9. The van der Waals surface area contributed by atoms with Gasteiger partial charge in [0.05, 0.1) is 0 Å². The number of halogens is 4. The van der Waals surface area contributed by atoms with Crippen LogP contribution in [0.1, 0.15) is 20.8 Å². The average Bonchev–Trinajstić information content (AvgIpc) is 1.72. The second-order valence-corrected chi connectivity index (χ2v) is 11.8. The van der Waals surface area contributed by atoms with Crippen LogP contribution in [0.25, 0.3) is 0 Å². The van der Waals surface area contributed by atoms with Gasteiger partial charge in [0.2, 0.25) is 0 Å². The zero-order chi connectivity index (χ0) is 13.4. The lowest BCUT2D eigenvalue weighted by Crippen LogP contribution is -2.39. The van der Waals surface area contributed by atoms with Gasteiger partial charge in [-0.15, -0.1) is 11.1 Å². The lowest BCUT2D eigenvalue weighted by Gasteiger charge is -2.27. The molecule has 3 nitrogen and oxygen atoms in total. The quantitative estimate of drug-likeness (QED) is 0.456. The van der Waals surface area contributed by atoms with E-state index in [-0.39, 0.29) is 6.04 Å². The fraction of sp³-hybridized carbons (Fsp3) is 1.00. The van der Waals surface area contributed by atoms with Gasteiger partial charge in [0, 0.05) is 0 Å². The Balaban J connectivity index is 4.87. The molecule has 9 heteroatoms. The van der Waals surface area contributed by atoms with Gasteiger partial charge in [0.1, 0.15) is 0 Å². The van der Waals surface area contributed by atoms with Crippen LogP contribution in [0, 0.1) is 5.41 Å². The molecular weight excluding hydrogens is 285 g/mol. The first kappa shape index (κ1) is 16.2. The van der Waals surface area contributed by atoms with Crippen molar-refractivity contribution in [1.82, 2.24) is 0 Å². The third-order valence-electron chi connectivity index (χ3n) is 1.41. The fourth-order valence-electron chi connectivity index (χ4n) is 1.25. The minimum atomic E-state index is -5.60. The highest BCUT2D eigenvalue weighted by Crippen LogP contribution is 2.35. The van der Waals surface area contributed by atoms with Crippen LogP contribution in [-0.2, 0) is 14.0 Å². The van der Waals surface area contributed by atoms with Crippen LogP contribution >= 0.6 is 11.1 Å². The first-order chi connectivity index (χ1) is 6.66. The molecule has 0 aliphatic carbocycles. The summed E-state index contributed by atoms with van der Waals surface area (Å²) >= 11 is 5.75. The van der Waals surface area contributed by atoms with Crippen molar-refractivity contribution in [1.29, 1.82) is 0 Å². The molecule has 0 rings (SSSR count). The molecule has 0 heterocycles. The molecule has 0 aromatic heterocycles. The smallest absolute Gasteiger partial charge is 0.289 e. The molecule has 16 heavy (non-hydrogen) atoms. The number of rotatable bonds is 3. The molecule has 0 aliphatic heterocycles. The summed E-state index contributed by atoms with van der Waals surface area (Å²) in [4.78, 5) is 0. The van der Waals surface area contributed by atoms with Crippen molar-refractivity contribution in [3.05, 3.63) is 0 Å². The lowest BCUT2D eigenvalue weighted by molar-refractivity contribution is -0.0502.